The number of aldehydes is 1. The van der Waals surface area contributed by atoms with Gasteiger partial charge in [-0.3, -0.25) is 9.59 Å². The Kier molecular flexibility index (Phi) is 7.37. The third kappa shape index (κ3) is 4.53. The topological polar surface area (TPSA) is 80.5 Å². The molecule has 1 rings (SSSR count). The first-order valence-corrected chi connectivity index (χ1v) is 5.57. The van der Waals surface area contributed by atoms with Crippen LogP contribution in [0.4, 0.5) is 0 Å². The number of nitrogens with zero attached hydrogens (tertiary/aromatic N) is 1. The van der Waals surface area contributed by atoms with Crippen molar-refractivity contribution in [2.24, 2.45) is 5.73 Å². The van der Waals surface area contributed by atoms with Crippen LogP contribution in [0.3, 0.4) is 0 Å². The summed E-state index contributed by atoms with van der Waals surface area (Å²) in [6.45, 7) is 4.12. The first-order valence-electron chi connectivity index (χ1n) is 5.57. The van der Waals surface area contributed by atoms with E-state index in [-0.39, 0.29) is 26.2 Å². The molecular formula is C11H22N2O3. The second kappa shape index (κ2) is 7.98. The van der Waals surface area contributed by atoms with E-state index in [0.717, 1.165) is 0 Å². The Balaban J connectivity index is 0. The Labute approximate surface area is 97.5 Å². The van der Waals surface area contributed by atoms with E-state index in [2.05, 4.69) is 13.8 Å². The van der Waals surface area contributed by atoms with Crippen LogP contribution in [0.15, 0.2) is 0 Å². The van der Waals surface area contributed by atoms with Crippen molar-refractivity contribution < 1.29 is 15.8 Å². The van der Waals surface area contributed by atoms with Crippen LogP contribution < -0.4 is 5.73 Å². The van der Waals surface area contributed by atoms with Gasteiger partial charge in [-0.25, -0.2) is 0 Å². The molecule has 0 radical (unpaired) electrons. The first kappa shape index (κ1) is 14.8. The Morgan fingerprint density at radius 1 is 1.62 bits per heavy atom. The van der Waals surface area contributed by atoms with Crippen LogP contribution in [0.25, 0.3) is 0 Å². The quantitative estimate of drug-likeness (QED) is 0.695. The van der Waals surface area contributed by atoms with Crippen molar-refractivity contribution in [3.05, 3.63) is 0 Å². The lowest BCUT2D eigenvalue weighted by Gasteiger charge is -2.30. The van der Waals surface area contributed by atoms with E-state index >= 15 is 0 Å². The predicted octanol–water partition coefficient (Wildman–Crippen LogP) is 0.366. The summed E-state index contributed by atoms with van der Waals surface area (Å²) >= 11 is 0. The molecule has 1 heterocycles. The monoisotopic (exact) mass is 230 g/mol. The van der Waals surface area contributed by atoms with Gasteiger partial charge in [0.05, 0.1) is 19.1 Å². The SMILES string of the molecule is CCC.NCC(=O)N1CC(=O)CC[C@H]1C=O.[HH]. The maximum atomic E-state index is 11.2. The zero-order chi connectivity index (χ0) is 12.6. The van der Waals surface area contributed by atoms with Gasteiger partial charge in [-0.05, 0) is 6.42 Å². The summed E-state index contributed by atoms with van der Waals surface area (Å²) in [6, 6.07) is -0.464. The highest BCUT2D eigenvalue weighted by molar-refractivity contribution is 5.90. The Bertz CT molecular complexity index is 259. The van der Waals surface area contributed by atoms with Crippen molar-refractivity contribution in [3.8, 4) is 0 Å². The molecule has 0 aromatic rings. The van der Waals surface area contributed by atoms with Crippen LogP contribution in [0.5, 0.6) is 0 Å². The minimum atomic E-state index is -0.464. The summed E-state index contributed by atoms with van der Waals surface area (Å²) in [5, 5.41) is 0. The van der Waals surface area contributed by atoms with Crippen LogP contribution in [-0.2, 0) is 14.4 Å². The molecule has 0 aromatic heterocycles. The van der Waals surface area contributed by atoms with Gasteiger partial charge in [0.25, 0.3) is 0 Å². The van der Waals surface area contributed by atoms with Crippen LogP contribution in [0, 0.1) is 0 Å². The smallest absolute Gasteiger partial charge is 0.237 e. The molecule has 1 fully saturated rings. The third-order valence-corrected chi connectivity index (χ3v) is 2.12. The second-order valence-electron chi connectivity index (χ2n) is 3.71. The van der Waals surface area contributed by atoms with E-state index in [1.165, 1.54) is 11.3 Å². The Morgan fingerprint density at radius 2 is 2.19 bits per heavy atom. The molecule has 1 aliphatic heterocycles. The van der Waals surface area contributed by atoms with Gasteiger partial charge < -0.3 is 15.4 Å². The second-order valence-corrected chi connectivity index (χ2v) is 3.71. The summed E-state index contributed by atoms with van der Waals surface area (Å²) in [7, 11) is 0. The van der Waals surface area contributed by atoms with E-state index in [1.807, 2.05) is 0 Å². The third-order valence-electron chi connectivity index (χ3n) is 2.12. The molecule has 1 amide bonds. The number of Topliss-reactive ketones (excluding diaryl/α,β-unsaturated/α-hetero) is 1. The fourth-order valence-corrected chi connectivity index (χ4v) is 1.38. The van der Waals surface area contributed by atoms with E-state index < -0.39 is 6.04 Å². The molecule has 1 atom stereocenters. The van der Waals surface area contributed by atoms with E-state index in [4.69, 9.17) is 5.73 Å². The van der Waals surface area contributed by atoms with E-state index in [1.54, 1.807) is 0 Å². The number of carbonyl (C=O) groups excluding carboxylic acids is 3. The largest absolute Gasteiger partial charge is 0.325 e. The maximum absolute atomic E-state index is 11.2. The molecule has 94 valence electrons. The molecular weight excluding hydrogens is 208 g/mol. The summed E-state index contributed by atoms with van der Waals surface area (Å²) in [5.41, 5.74) is 5.15. The lowest BCUT2D eigenvalue weighted by molar-refractivity contribution is -0.141. The van der Waals surface area contributed by atoms with Gasteiger partial charge in [-0.2, -0.15) is 0 Å². The van der Waals surface area contributed by atoms with Crippen LogP contribution in [0.2, 0.25) is 0 Å². The summed E-state index contributed by atoms with van der Waals surface area (Å²) in [4.78, 5) is 34.0. The van der Waals surface area contributed by atoms with Gasteiger partial charge in [-0.15, -0.1) is 0 Å². The van der Waals surface area contributed by atoms with Gasteiger partial charge in [0.15, 0.2) is 5.78 Å². The molecule has 1 saturated heterocycles. The summed E-state index contributed by atoms with van der Waals surface area (Å²) in [5.74, 6) is -0.356. The van der Waals surface area contributed by atoms with Crippen molar-refractivity contribution >= 4 is 18.0 Å². The molecule has 0 bridgehead atoms. The number of hydrogen-bond donors (Lipinski definition) is 1. The Morgan fingerprint density at radius 3 is 2.62 bits per heavy atom. The number of ketones is 1. The number of rotatable bonds is 2. The van der Waals surface area contributed by atoms with Gasteiger partial charge >= 0.3 is 0 Å². The van der Waals surface area contributed by atoms with E-state index in [0.29, 0.717) is 19.1 Å². The summed E-state index contributed by atoms with van der Waals surface area (Å²) in [6.07, 6.45) is 2.74. The average Bonchev–Trinajstić information content (AvgIpc) is 2.29. The fourth-order valence-electron chi connectivity index (χ4n) is 1.38. The number of amides is 1. The van der Waals surface area contributed by atoms with Crippen molar-refractivity contribution in [3.63, 3.8) is 0 Å². The molecule has 0 unspecified atom stereocenters. The fraction of sp³-hybridized carbons (Fsp3) is 0.727. The van der Waals surface area contributed by atoms with Crippen molar-refractivity contribution in [1.29, 1.82) is 0 Å². The number of hydrogen-bond acceptors (Lipinski definition) is 4. The molecule has 2 N–H and O–H groups in total. The van der Waals surface area contributed by atoms with Crippen LogP contribution >= 0.6 is 0 Å². The van der Waals surface area contributed by atoms with Crippen LogP contribution in [0.1, 0.15) is 34.5 Å². The highest BCUT2D eigenvalue weighted by Gasteiger charge is 2.29. The lowest BCUT2D eigenvalue weighted by atomic mass is 10.0. The minimum Gasteiger partial charge on any atom is -0.325 e. The molecule has 5 nitrogen and oxygen atoms in total. The van der Waals surface area contributed by atoms with Gasteiger partial charge in [-0.1, -0.05) is 20.3 Å². The number of piperidine rings is 1. The number of likely N-dealkylation sites (tertiary alicyclic amines) is 1. The molecule has 5 heteroatoms. The van der Waals surface area contributed by atoms with Gasteiger partial charge in [0.1, 0.15) is 6.29 Å². The minimum absolute atomic E-state index is 0. The number of nitrogens with two attached hydrogens (primary N) is 1. The molecule has 1 aliphatic rings. The van der Waals surface area contributed by atoms with Gasteiger partial charge in [0, 0.05) is 7.85 Å². The molecule has 0 aromatic carbocycles. The van der Waals surface area contributed by atoms with Gasteiger partial charge in [0.2, 0.25) is 5.91 Å². The standard InChI is InChI=1S/C8H12N2O3.C3H8.H2/c9-3-8(13)10-4-7(12)2-1-6(10)5-11;1-3-2;/h5-6H,1-4,9H2;3H2,1-2H3;1H/t6-;;/m0../s1. The first-order chi connectivity index (χ1) is 7.60. The van der Waals surface area contributed by atoms with Crippen LogP contribution in [-0.4, -0.2) is 42.0 Å². The summed E-state index contributed by atoms with van der Waals surface area (Å²) < 4.78 is 0. The normalized spacial score (nSPS) is 19.8. The van der Waals surface area contributed by atoms with Crippen molar-refractivity contribution in [2.75, 3.05) is 13.1 Å². The molecule has 0 saturated carbocycles. The zero-order valence-electron chi connectivity index (χ0n) is 9.94. The highest BCUT2D eigenvalue weighted by Crippen LogP contribution is 2.12. The van der Waals surface area contributed by atoms with Crippen molar-refractivity contribution in [2.45, 2.75) is 39.2 Å². The molecule has 0 aliphatic carbocycles. The zero-order valence-corrected chi connectivity index (χ0v) is 9.94. The van der Waals surface area contributed by atoms with E-state index in [9.17, 15) is 14.4 Å². The predicted molar refractivity (Wildman–Crippen MR) is 62.9 cm³/mol. The Hall–Kier alpha value is -1.23. The van der Waals surface area contributed by atoms with Crippen molar-refractivity contribution in [1.82, 2.24) is 4.90 Å². The average molecular weight is 230 g/mol. The lowest BCUT2D eigenvalue weighted by Crippen LogP contribution is -2.50. The molecule has 16 heavy (non-hydrogen) atoms. The highest BCUT2D eigenvalue weighted by atomic mass is 16.2. The number of carbonyl (C=O) groups is 3. The maximum Gasteiger partial charge on any atom is 0.237 e. The molecule has 0 spiro atoms.